The maximum absolute atomic E-state index is 13.0. The van der Waals surface area contributed by atoms with Gasteiger partial charge < -0.3 is 15.1 Å². The molecule has 0 radical (unpaired) electrons. The third-order valence-corrected chi connectivity index (χ3v) is 6.00. The van der Waals surface area contributed by atoms with Crippen LogP contribution in [0.4, 0.5) is 18.9 Å². The fourth-order valence-electron chi connectivity index (χ4n) is 3.87. The highest BCUT2D eigenvalue weighted by molar-refractivity contribution is 6.31. The number of alkyl halides is 3. The zero-order valence-electron chi connectivity index (χ0n) is 18.8. The molecule has 182 valence electrons. The summed E-state index contributed by atoms with van der Waals surface area (Å²) >= 11 is 5.60. The molecule has 1 fully saturated rings. The zero-order valence-corrected chi connectivity index (χ0v) is 19.5. The second-order valence-electron chi connectivity index (χ2n) is 8.39. The van der Waals surface area contributed by atoms with Gasteiger partial charge in [0.05, 0.1) is 23.0 Å². The van der Waals surface area contributed by atoms with E-state index in [9.17, 15) is 27.6 Å². The molecule has 1 saturated heterocycles. The number of carbonyl (C=O) groups is 3. The molecule has 2 aromatic carbocycles. The van der Waals surface area contributed by atoms with Crippen LogP contribution in [0.3, 0.4) is 0 Å². The fourth-order valence-corrected chi connectivity index (χ4v) is 4.09. The second kappa shape index (κ2) is 10.5. The fraction of sp³-hybridized carbons (Fsp3) is 0.375. The number of piperidine rings is 1. The van der Waals surface area contributed by atoms with Gasteiger partial charge in [0.1, 0.15) is 0 Å². The lowest BCUT2D eigenvalue weighted by molar-refractivity contribution is -0.138. The van der Waals surface area contributed by atoms with Gasteiger partial charge in [-0.05, 0) is 50.1 Å². The van der Waals surface area contributed by atoms with Gasteiger partial charge in [0.15, 0.2) is 0 Å². The van der Waals surface area contributed by atoms with Crippen molar-refractivity contribution in [3.63, 3.8) is 0 Å². The number of likely N-dealkylation sites (tertiary alicyclic amines) is 1. The molecule has 1 N–H and O–H groups in total. The Morgan fingerprint density at radius 2 is 1.82 bits per heavy atom. The lowest BCUT2D eigenvalue weighted by atomic mass is 9.96. The Labute approximate surface area is 200 Å². The van der Waals surface area contributed by atoms with Crippen LogP contribution in [0, 0.1) is 12.8 Å². The van der Waals surface area contributed by atoms with E-state index < -0.39 is 28.6 Å². The number of nitrogens with zero attached hydrogens (tertiary/aromatic N) is 2. The van der Waals surface area contributed by atoms with E-state index in [-0.39, 0.29) is 30.6 Å². The first-order valence-corrected chi connectivity index (χ1v) is 11.1. The number of carbonyl (C=O) groups excluding carboxylic acids is 3. The van der Waals surface area contributed by atoms with Gasteiger partial charge in [-0.3, -0.25) is 14.4 Å². The summed E-state index contributed by atoms with van der Waals surface area (Å²) in [7, 11) is 1.45. The smallest absolute Gasteiger partial charge is 0.338 e. The number of aryl methyl sites for hydroxylation is 1. The van der Waals surface area contributed by atoms with Gasteiger partial charge in [0.2, 0.25) is 11.8 Å². The number of benzene rings is 2. The Kier molecular flexibility index (Phi) is 7.86. The van der Waals surface area contributed by atoms with Crippen molar-refractivity contribution in [1.29, 1.82) is 0 Å². The Hall–Kier alpha value is -3.07. The quantitative estimate of drug-likeness (QED) is 0.658. The van der Waals surface area contributed by atoms with E-state index in [1.54, 1.807) is 17.0 Å². The number of hydrogen-bond donors (Lipinski definition) is 1. The lowest BCUT2D eigenvalue weighted by Crippen LogP contribution is -2.47. The molecule has 1 atom stereocenters. The largest absolute Gasteiger partial charge is 0.417 e. The highest BCUT2D eigenvalue weighted by atomic mass is 35.5. The normalized spacial score (nSPS) is 16.2. The van der Waals surface area contributed by atoms with Crippen molar-refractivity contribution in [2.45, 2.75) is 25.9 Å². The molecule has 1 aliphatic heterocycles. The van der Waals surface area contributed by atoms with Crippen molar-refractivity contribution in [3.05, 3.63) is 64.2 Å². The summed E-state index contributed by atoms with van der Waals surface area (Å²) in [6.45, 7) is 2.37. The minimum atomic E-state index is -4.66. The Morgan fingerprint density at radius 3 is 2.47 bits per heavy atom. The van der Waals surface area contributed by atoms with Crippen molar-refractivity contribution in [3.8, 4) is 0 Å². The SMILES string of the molecule is Cc1ccc(C(=O)N2CCCC(C(=O)N(C)CC(=O)Nc3ccc(Cl)c(C(F)(F)F)c3)C2)cc1. The predicted molar refractivity (Wildman–Crippen MR) is 123 cm³/mol. The molecule has 1 heterocycles. The van der Waals surface area contributed by atoms with E-state index in [0.29, 0.717) is 24.9 Å². The number of anilines is 1. The van der Waals surface area contributed by atoms with Gasteiger partial charge in [-0.25, -0.2) is 0 Å². The molecule has 34 heavy (non-hydrogen) atoms. The standard InChI is InChI=1S/C24H25ClF3N3O3/c1-15-5-7-16(8-6-15)23(34)31-11-3-4-17(13-31)22(33)30(2)14-21(32)29-18-9-10-20(25)19(12-18)24(26,27)28/h5-10,12,17H,3-4,11,13-14H2,1-2H3,(H,29,32). The molecule has 0 saturated carbocycles. The summed E-state index contributed by atoms with van der Waals surface area (Å²) in [6.07, 6.45) is -3.43. The zero-order chi connectivity index (χ0) is 25.0. The maximum atomic E-state index is 13.0. The summed E-state index contributed by atoms with van der Waals surface area (Å²) in [5.74, 6) is -1.56. The molecule has 6 nitrogen and oxygen atoms in total. The first-order valence-electron chi connectivity index (χ1n) is 10.7. The average Bonchev–Trinajstić information content (AvgIpc) is 2.79. The van der Waals surface area contributed by atoms with E-state index in [0.717, 1.165) is 17.7 Å². The van der Waals surface area contributed by atoms with Crippen LogP contribution in [0.5, 0.6) is 0 Å². The van der Waals surface area contributed by atoms with Crippen LogP contribution in [0.15, 0.2) is 42.5 Å². The van der Waals surface area contributed by atoms with E-state index in [1.165, 1.54) is 18.0 Å². The number of amides is 3. The first kappa shape index (κ1) is 25.6. The summed E-state index contributed by atoms with van der Waals surface area (Å²) in [4.78, 5) is 40.9. The van der Waals surface area contributed by atoms with Crippen molar-refractivity contribution >= 4 is 35.0 Å². The predicted octanol–water partition coefficient (Wildman–Crippen LogP) is 4.62. The summed E-state index contributed by atoms with van der Waals surface area (Å²) < 4.78 is 39.1. The molecule has 1 unspecified atom stereocenters. The highest BCUT2D eigenvalue weighted by Gasteiger charge is 2.34. The summed E-state index contributed by atoms with van der Waals surface area (Å²) in [5, 5.41) is 1.89. The van der Waals surface area contributed by atoms with Gasteiger partial charge in [0.25, 0.3) is 5.91 Å². The summed E-state index contributed by atoms with van der Waals surface area (Å²) in [5.41, 5.74) is 0.455. The van der Waals surface area contributed by atoms with E-state index in [4.69, 9.17) is 11.6 Å². The van der Waals surface area contributed by atoms with Crippen LogP contribution >= 0.6 is 11.6 Å². The molecule has 10 heteroatoms. The number of hydrogen-bond acceptors (Lipinski definition) is 3. The van der Waals surface area contributed by atoms with Gasteiger partial charge >= 0.3 is 6.18 Å². The van der Waals surface area contributed by atoms with Crippen LogP contribution in [0.1, 0.15) is 34.3 Å². The van der Waals surface area contributed by atoms with Gasteiger partial charge in [0, 0.05) is 31.4 Å². The van der Waals surface area contributed by atoms with Gasteiger partial charge in [-0.15, -0.1) is 0 Å². The maximum Gasteiger partial charge on any atom is 0.417 e. The molecule has 0 aliphatic carbocycles. The van der Waals surface area contributed by atoms with E-state index in [2.05, 4.69) is 5.32 Å². The molecule has 0 spiro atoms. The molecule has 1 aliphatic rings. The third-order valence-electron chi connectivity index (χ3n) is 5.67. The molecule has 3 amide bonds. The molecular weight excluding hydrogens is 471 g/mol. The molecular formula is C24H25ClF3N3O3. The van der Waals surface area contributed by atoms with E-state index in [1.807, 2.05) is 19.1 Å². The van der Waals surface area contributed by atoms with Crippen LogP contribution in [0.2, 0.25) is 5.02 Å². The van der Waals surface area contributed by atoms with Crippen LogP contribution in [-0.2, 0) is 15.8 Å². The number of likely N-dealkylation sites (N-methyl/N-ethyl adjacent to an activating group) is 1. The van der Waals surface area contributed by atoms with Crippen molar-refractivity contribution in [2.24, 2.45) is 5.92 Å². The Bertz CT molecular complexity index is 1070. The molecule has 0 bridgehead atoms. The van der Waals surface area contributed by atoms with Crippen molar-refractivity contribution < 1.29 is 27.6 Å². The summed E-state index contributed by atoms with van der Waals surface area (Å²) in [6, 6.07) is 10.3. The van der Waals surface area contributed by atoms with Gasteiger partial charge in [-0.1, -0.05) is 29.3 Å². The highest BCUT2D eigenvalue weighted by Crippen LogP contribution is 2.36. The number of rotatable bonds is 5. The minimum absolute atomic E-state index is 0.0740. The van der Waals surface area contributed by atoms with Gasteiger partial charge in [-0.2, -0.15) is 13.2 Å². The van der Waals surface area contributed by atoms with E-state index >= 15 is 0 Å². The Morgan fingerprint density at radius 1 is 1.15 bits per heavy atom. The topological polar surface area (TPSA) is 69.7 Å². The number of nitrogens with one attached hydrogen (secondary N) is 1. The van der Waals surface area contributed by atoms with Crippen molar-refractivity contribution in [1.82, 2.24) is 9.80 Å². The van der Waals surface area contributed by atoms with Crippen LogP contribution < -0.4 is 5.32 Å². The number of halogens is 4. The monoisotopic (exact) mass is 495 g/mol. The molecule has 0 aromatic heterocycles. The minimum Gasteiger partial charge on any atom is -0.338 e. The van der Waals surface area contributed by atoms with Crippen LogP contribution in [0.25, 0.3) is 0 Å². The third kappa shape index (κ3) is 6.28. The first-order chi connectivity index (χ1) is 16.0. The second-order valence-corrected chi connectivity index (χ2v) is 8.80. The van der Waals surface area contributed by atoms with Crippen molar-refractivity contribution in [2.75, 3.05) is 32.0 Å². The Balaban J connectivity index is 1.59. The van der Waals surface area contributed by atoms with Crippen LogP contribution in [-0.4, -0.2) is 54.2 Å². The molecule has 2 aromatic rings. The lowest BCUT2D eigenvalue weighted by Gasteiger charge is -2.34. The average molecular weight is 496 g/mol. The molecule has 3 rings (SSSR count).